The summed E-state index contributed by atoms with van der Waals surface area (Å²) in [5, 5.41) is 9.48. The van der Waals surface area contributed by atoms with Gasteiger partial charge in [0.05, 0.1) is 12.2 Å². The summed E-state index contributed by atoms with van der Waals surface area (Å²) < 4.78 is 7.21. The van der Waals surface area contributed by atoms with Crippen LogP contribution in [-0.2, 0) is 9.53 Å². The summed E-state index contributed by atoms with van der Waals surface area (Å²) in [6.45, 7) is 6.43. The van der Waals surface area contributed by atoms with Crippen LogP contribution in [0.5, 0.6) is 0 Å². The Labute approximate surface area is 139 Å². The molecule has 0 spiro atoms. The summed E-state index contributed by atoms with van der Waals surface area (Å²) in [5.41, 5.74) is 2.50. The molecule has 0 saturated heterocycles. The summed E-state index contributed by atoms with van der Waals surface area (Å²) in [4.78, 5) is 18.0. The summed E-state index contributed by atoms with van der Waals surface area (Å²) in [7, 11) is 0. The minimum absolute atomic E-state index is 0.289. The number of unbranched alkanes of at least 4 members (excludes halogenated alkanes) is 1. The average Bonchev–Trinajstić information content (AvgIpc) is 3.14. The number of hydrogen-bond acceptors (Lipinski definition) is 6. The van der Waals surface area contributed by atoms with E-state index >= 15 is 0 Å². The molecule has 0 fully saturated rings. The van der Waals surface area contributed by atoms with Crippen LogP contribution in [0, 0.1) is 6.92 Å². The molecular weight excluding hydrogens is 312 g/mol. The van der Waals surface area contributed by atoms with Crippen molar-refractivity contribution in [1.82, 2.24) is 14.8 Å². The molecule has 1 N–H and O–H groups in total. The maximum atomic E-state index is 12.7. The molecule has 1 unspecified atom stereocenters. The molecule has 2 aromatic rings. The molecule has 0 aromatic carbocycles. The van der Waals surface area contributed by atoms with Gasteiger partial charge in [-0.25, -0.2) is 9.48 Å². The summed E-state index contributed by atoms with van der Waals surface area (Å²) in [6.07, 6.45) is 3.35. The van der Waals surface area contributed by atoms with Crippen LogP contribution in [0.3, 0.4) is 0 Å². The van der Waals surface area contributed by atoms with Gasteiger partial charge in [0.15, 0.2) is 0 Å². The van der Waals surface area contributed by atoms with Crippen molar-refractivity contribution in [2.24, 2.45) is 0 Å². The zero-order valence-corrected chi connectivity index (χ0v) is 14.3. The monoisotopic (exact) mass is 332 g/mol. The number of carbonyl (C=O) groups excluding carboxylic acids is 1. The van der Waals surface area contributed by atoms with Gasteiger partial charge in [-0.1, -0.05) is 13.3 Å². The number of nitrogens with zero attached hydrogens (tertiary/aromatic N) is 3. The first-order valence-corrected chi connectivity index (χ1v) is 8.59. The molecule has 0 saturated carbocycles. The van der Waals surface area contributed by atoms with Crippen molar-refractivity contribution >= 4 is 23.3 Å². The lowest BCUT2D eigenvalue weighted by atomic mass is 10.00. The van der Waals surface area contributed by atoms with Gasteiger partial charge >= 0.3 is 5.97 Å². The molecular formula is C16H20N4O2S. The fourth-order valence-corrected chi connectivity index (χ4v) is 3.67. The van der Waals surface area contributed by atoms with E-state index in [9.17, 15) is 4.79 Å². The standard InChI is InChI=1S/C16H20N4O2S/c1-4-5-7-22-15(21)12-11(3)19-16-17-9-18-20(16)13(12)14-10(2)6-8-23-14/h6,8-9,13H,4-5,7H2,1-3H3,(H,17,18,19). The molecule has 23 heavy (non-hydrogen) atoms. The number of anilines is 1. The molecule has 1 aliphatic heterocycles. The highest BCUT2D eigenvalue weighted by atomic mass is 32.1. The topological polar surface area (TPSA) is 69.0 Å². The lowest BCUT2D eigenvalue weighted by Gasteiger charge is -2.27. The van der Waals surface area contributed by atoms with Crippen molar-refractivity contribution in [1.29, 1.82) is 0 Å². The van der Waals surface area contributed by atoms with Crippen molar-refractivity contribution in [2.75, 3.05) is 11.9 Å². The van der Waals surface area contributed by atoms with E-state index in [4.69, 9.17) is 4.74 Å². The smallest absolute Gasteiger partial charge is 0.338 e. The van der Waals surface area contributed by atoms with Crippen LogP contribution in [0.2, 0.25) is 0 Å². The van der Waals surface area contributed by atoms with Crippen LogP contribution in [0.4, 0.5) is 5.95 Å². The Morgan fingerprint density at radius 3 is 3.00 bits per heavy atom. The van der Waals surface area contributed by atoms with Crippen LogP contribution in [0.15, 0.2) is 29.0 Å². The van der Waals surface area contributed by atoms with Crippen molar-refractivity contribution in [3.8, 4) is 0 Å². The quantitative estimate of drug-likeness (QED) is 0.672. The van der Waals surface area contributed by atoms with Crippen LogP contribution >= 0.6 is 11.3 Å². The molecule has 6 nitrogen and oxygen atoms in total. The Kier molecular flexibility index (Phi) is 4.47. The van der Waals surface area contributed by atoms with Crippen molar-refractivity contribution in [3.05, 3.63) is 39.5 Å². The van der Waals surface area contributed by atoms with Gasteiger partial charge in [-0.15, -0.1) is 11.3 Å². The van der Waals surface area contributed by atoms with Crippen molar-refractivity contribution in [2.45, 2.75) is 39.7 Å². The van der Waals surface area contributed by atoms with E-state index in [0.29, 0.717) is 18.1 Å². The Hall–Kier alpha value is -2.15. The third-order valence-electron chi connectivity index (χ3n) is 3.90. The van der Waals surface area contributed by atoms with Gasteiger partial charge in [0.1, 0.15) is 12.4 Å². The number of aromatic nitrogens is 3. The second kappa shape index (κ2) is 6.54. The maximum absolute atomic E-state index is 12.7. The number of ether oxygens (including phenoxy) is 1. The third kappa shape index (κ3) is 2.88. The van der Waals surface area contributed by atoms with Crippen LogP contribution in [0.25, 0.3) is 0 Å². The molecule has 122 valence electrons. The molecule has 1 aliphatic rings. The Bertz CT molecular complexity index is 747. The van der Waals surface area contributed by atoms with E-state index in [1.54, 1.807) is 16.0 Å². The number of fused-ring (bicyclic) bond motifs is 1. The van der Waals surface area contributed by atoms with E-state index in [0.717, 1.165) is 29.0 Å². The van der Waals surface area contributed by atoms with Crippen molar-refractivity contribution in [3.63, 3.8) is 0 Å². The largest absolute Gasteiger partial charge is 0.462 e. The molecule has 3 rings (SSSR count). The van der Waals surface area contributed by atoms with Gasteiger partial charge in [0.2, 0.25) is 5.95 Å². The molecule has 3 heterocycles. The minimum atomic E-state index is -0.289. The number of rotatable bonds is 5. The Balaban J connectivity index is 2.01. The van der Waals surface area contributed by atoms with Gasteiger partial charge in [0.25, 0.3) is 0 Å². The maximum Gasteiger partial charge on any atom is 0.338 e. The third-order valence-corrected chi connectivity index (χ3v) is 4.97. The number of carbonyl (C=O) groups is 1. The Morgan fingerprint density at radius 1 is 1.48 bits per heavy atom. The highest BCUT2D eigenvalue weighted by Crippen LogP contribution is 2.38. The second-order valence-corrected chi connectivity index (χ2v) is 6.50. The first kappa shape index (κ1) is 15.7. The predicted molar refractivity (Wildman–Crippen MR) is 89.4 cm³/mol. The SMILES string of the molecule is CCCCOC(=O)C1=C(C)Nc2ncnn2C1c1sccc1C. The average molecular weight is 332 g/mol. The molecule has 7 heteroatoms. The molecule has 0 amide bonds. The van der Waals surface area contributed by atoms with E-state index in [-0.39, 0.29) is 12.0 Å². The number of aryl methyl sites for hydroxylation is 1. The number of esters is 1. The van der Waals surface area contributed by atoms with Gasteiger partial charge in [-0.3, -0.25) is 0 Å². The fourth-order valence-electron chi connectivity index (χ4n) is 2.65. The van der Waals surface area contributed by atoms with Crippen molar-refractivity contribution < 1.29 is 9.53 Å². The zero-order chi connectivity index (χ0) is 16.4. The highest BCUT2D eigenvalue weighted by Gasteiger charge is 2.35. The lowest BCUT2D eigenvalue weighted by molar-refractivity contribution is -0.139. The molecule has 0 bridgehead atoms. The van der Waals surface area contributed by atoms with Crippen LogP contribution in [-0.4, -0.2) is 27.3 Å². The summed E-state index contributed by atoms with van der Waals surface area (Å²) >= 11 is 1.62. The van der Waals surface area contributed by atoms with E-state index < -0.39 is 0 Å². The first-order valence-electron chi connectivity index (χ1n) is 7.72. The van der Waals surface area contributed by atoms with E-state index in [1.807, 2.05) is 25.3 Å². The number of hydrogen-bond donors (Lipinski definition) is 1. The molecule has 0 aliphatic carbocycles. The van der Waals surface area contributed by atoms with Gasteiger partial charge in [-0.05, 0) is 37.3 Å². The van der Waals surface area contributed by atoms with Crippen LogP contribution in [0.1, 0.15) is 43.2 Å². The predicted octanol–water partition coefficient (Wildman–Crippen LogP) is 3.28. The van der Waals surface area contributed by atoms with Gasteiger partial charge in [0, 0.05) is 10.6 Å². The minimum Gasteiger partial charge on any atom is -0.462 e. The molecule has 0 radical (unpaired) electrons. The fraction of sp³-hybridized carbons (Fsp3) is 0.438. The summed E-state index contributed by atoms with van der Waals surface area (Å²) in [6, 6.07) is 1.76. The number of thiophene rings is 1. The Morgan fingerprint density at radius 2 is 2.30 bits per heavy atom. The summed E-state index contributed by atoms with van der Waals surface area (Å²) in [5.74, 6) is 0.354. The van der Waals surface area contributed by atoms with Gasteiger partial charge in [-0.2, -0.15) is 10.1 Å². The van der Waals surface area contributed by atoms with Crippen LogP contribution < -0.4 is 5.32 Å². The van der Waals surface area contributed by atoms with Gasteiger partial charge < -0.3 is 10.1 Å². The highest BCUT2D eigenvalue weighted by molar-refractivity contribution is 7.10. The lowest BCUT2D eigenvalue weighted by Crippen LogP contribution is -2.29. The molecule has 1 atom stereocenters. The zero-order valence-electron chi connectivity index (χ0n) is 13.5. The second-order valence-electron chi connectivity index (χ2n) is 5.55. The number of nitrogens with one attached hydrogen (secondary N) is 1. The first-order chi connectivity index (χ1) is 11.1. The van der Waals surface area contributed by atoms with E-state index in [1.165, 1.54) is 6.33 Å². The number of allylic oxidation sites excluding steroid dienone is 1. The van der Waals surface area contributed by atoms with E-state index in [2.05, 4.69) is 22.3 Å². The normalized spacial score (nSPS) is 16.9. The molecule has 2 aromatic heterocycles.